The van der Waals surface area contributed by atoms with E-state index in [1.54, 1.807) is 10.9 Å². The molecule has 0 aliphatic rings. The minimum atomic E-state index is -0.251. The number of nitrogens with one attached hydrogen (secondary N) is 2. The summed E-state index contributed by atoms with van der Waals surface area (Å²) in [6.45, 7) is 0.468. The predicted molar refractivity (Wildman–Crippen MR) is 60.0 cm³/mol. The molecular weight excluding hydrogens is 222 g/mol. The van der Waals surface area contributed by atoms with Gasteiger partial charge in [0.25, 0.3) is 5.91 Å². The van der Waals surface area contributed by atoms with Gasteiger partial charge in [0.15, 0.2) is 0 Å². The largest absolute Gasteiger partial charge is 0.383 e. The summed E-state index contributed by atoms with van der Waals surface area (Å²) >= 11 is 0. The number of carbonyl (C=O) groups is 1. The molecular formula is C9H13N7O. The van der Waals surface area contributed by atoms with Gasteiger partial charge in [-0.1, -0.05) is 0 Å². The second-order valence-corrected chi connectivity index (χ2v) is 3.56. The van der Waals surface area contributed by atoms with Crippen molar-refractivity contribution in [3.05, 3.63) is 23.9 Å². The van der Waals surface area contributed by atoms with Crippen LogP contribution in [0.5, 0.6) is 0 Å². The fourth-order valence-corrected chi connectivity index (χ4v) is 1.39. The minimum Gasteiger partial charge on any atom is -0.383 e. The number of hydrogen-bond donors (Lipinski definition) is 3. The molecule has 17 heavy (non-hydrogen) atoms. The van der Waals surface area contributed by atoms with E-state index in [0.717, 1.165) is 5.82 Å². The van der Waals surface area contributed by atoms with E-state index in [4.69, 9.17) is 5.73 Å². The van der Waals surface area contributed by atoms with Gasteiger partial charge in [-0.05, 0) is 0 Å². The van der Waals surface area contributed by atoms with Crippen molar-refractivity contribution in [2.75, 3.05) is 12.3 Å². The Bertz CT molecular complexity index is 515. The number of aromatic amines is 1. The SMILES string of the molecule is Cn1cnnc1CCNC(=O)c1cn[nH]c1N. The maximum atomic E-state index is 11.6. The monoisotopic (exact) mass is 235 g/mol. The lowest BCUT2D eigenvalue weighted by molar-refractivity contribution is 0.0955. The van der Waals surface area contributed by atoms with Crippen LogP contribution in [-0.2, 0) is 13.5 Å². The molecule has 0 fully saturated rings. The number of H-pyrrole nitrogens is 1. The van der Waals surface area contributed by atoms with Gasteiger partial charge in [0.2, 0.25) is 0 Å². The standard InChI is InChI=1S/C9H13N7O/c1-16-5-13-14-7(16)2-3-11-9(17)6-4-12-15-8(6)10/h4-5H,2-3H2,1H3,(H,11,17)(H3,10,12,15). The third-order valence-corrected chi connectivity index (χ3v) is 2.35. The fourth-order valence-electron chi connectivity index (χ4n) is 1.39. The van der Waals surface area contributed by atoms with Crippen LogP contribution in [0.4, 0.5) is 5.82 Å². The number of anilines is 1. The third-order valence-electron chi connectivity index (χ3n) is 2.35. The quantitative estimate of drug-likeness (QED) is 0.635. The van der Waals surface area contributed by atoms with Crippen molar-refractivity contribution >= 4 is 11.7 Å². The second kappa shape index (κ2) is 4.64. The van der Waals surface area contributed by atoms with Crippen molar-refractivity contribution in [1.29, 1.82) is 0 Å². The van der Waals surface area contributed by atoms with Crippen molar-refractivity contribution in [2.45, 2.75) is 6.42 Å². The summed E-state index contributed by atoms with van der Waals surface area (Å²) in [5.41, 5.74) is 5.88. The first-order chi connectivity index (χ1) is 8.18. The van der Waals surface area contributed by atoms with Crippen LogP contribution in [0.1, 0.15) is 16.2 Å². The summed E-state index contributed by atoms with van der Waals surface area (Å²) in [5.74, 6) is 0.824. The molecule has 2 heterocycles. The summed E-state index contributed by atoms with van der Waals surface area (Å²) < 4.78 is 1.80. The molecule has 0 atom stereocenters. The van der Waals surface area contributed by atoms with Crippen LogP contribution in [0.25, 0.3) is 0 Å². The van der Waals surface area contributed by atoms with Crippen LogP contribution < -0.4 is 11.1 Å². The number of carbonyl (C=O) groups excluding carboxylic acids is 1. The Morgan fingerprint density at radius 2 is 2.47 bits per heavy atom. The highest BCUT2D eigenvalue weighted by Gasteiger charge is 2.11. The Morgan fingerprint density at radius 1 is 1.65 bits per heavy atom. The normalized spacial score (nSPS) is 10.4. The Kier molecular flexibility index (Phi) is 3.03. The Hall–Kier alpha value is -2.38. The number of rotatable bonds is 4. The summed E-state index contributed by atoms with van der Waals surface area (Å²) in [6.07, 6.45) is 3.62. The summed E-state index contributed by atoms with van der Waals surface area (Å²) in [7, 11) is 1.85. The van der Waals surface area contributed by atoms with Crippen molar-refractivity contribution in [1.82, 2.24) is 30.3 Å². The number of amides is 1. The Balaban J connectivity index is 1.86. The molecule has 2 aromatic rings. The number of aromatic nitrogens is 5. The highest BCUT2D eigenvalue weighted by molar-refractivity contribution is 5.98. The number of nitrogens with two attached hydrogens (primary N) is 1. The third kappa shape index (κ3) is 2.41. The number of aryl methyl sites for hydroxylation is 1. The zero-order chi connectivity index (χ0) is 12.3. The number of hydrogen-bond acceptors (Lipinski definition) is 5. The lowest BCUT2D eigenvalue weighted by Crippen LogP contribution is -2.26. The van der Waals surface area contributed by atoms with E-state index in [0.29, 0.717) is 18.5 Å². The van der Waals surface area contributed by atoms with Crippen LogP contribution in [0.3, 0.4) is 0 Å². The molecule has 90 valence electrons. The van der Waals surface area contributed by atoms with Gasteiger partial charge in [-0.25, -0.2) is 0 Å². The van der Waals surface area contributed by atoms with E-state index >= 15 is 0 Å². The molecule has 0 saturated heterocycles. The van der Waals surface area contributed by atoms with Crippen LogP contribution in [0, 0.1) is 0 Å². The summed E-state index contributed by atoms with van der Waals surface area (Å²) in [5, 5.41) is 16.6. The Labute approximate surface area is 97.2 Å². The van der Waals surface area contributed by atoms with Crippen molar-refractivity contribution < 1.29 is 4.79 Å². The molecule has 0 aliphatic carbocycles. The van der Waals surface area contributed by atoms with Crippen molar-refractivity contribution in [3.63, 3.8) is 0 Å². The molecule has 8 nitrogen and oxygen atoms in total. The van der Waals surface area contributed by atoms with E-state index in [9.17, 15) is 4.79 Å². The van der Waals surface area contributed by atoms with Crippen molar-refractivity contribution in [2.24, 2.45) is 7.05 Å². The average molecular weight is 235 g/mol. The van der Waals surface area contributed by atoms with E-state index in [2.05, 4.69) is 25.7 Å². The minimum absolute atomic E-state index is 0.251. The van der Waals surface area contributed by atoms with E-state index < -0.39 is 0 Å². The van der Waals surface area contributed by atoms with Gasteiger partial charge >= 0.3 is 0 Å². The van der Waals surface area contributed by atoms with Gasteiger partial charge < -0.3 is 15.6 Å². The van der Waals surface area contributed by atoms with Crippen molar-refractivity contribution in [3.8, 4) is 0 Å². The van der Waals surface area contributed by atoms with Gasteiger partial charge in [0.05, 0.1) is 6.20 Å². The first-order valence-electron chi connectivity index (χ1n) is 5.08. The van der Waals surface area contributed by atoms with E-state index in [1.807, 2.05) is 7.05 Å². The van der Waals surface area contributed by atoms with Gasteiger partial charge in [0, 0.05) is 20.0 Å². The average Bonchev–Trinajstić information content (AvgIpc) is 2.88. The second-order valence-electron chi connectivity index (χ2n) is 3.56. The smallest absolute Gasteiger partial charge is 0.256 e. The highest BCUT2D eigenvalue weighted by atomic mass is 16.1. The maximum absolute atomic E-state index is 11.6. The molecule has 0 unspecified atom stereocenters. The van der Waals surface area contributed by atoms with E-state index in [1.165, 1.54) is 6.20 Å². The predicted octanol–water partition coefficient (Wildman–Crippen LogP) is -0.907. The molecule has 0 saturated carbocycles. The highest BCUT2D eigenvalue weighted by Crippen LogP contribution is 2.04. The van der Waals surface area contributed by atoms with Crippen LogP contribution >= 0.6 is 0 Å². The summed E-state index contributed by atoms with van der Waals surface area (Å²) in [6, 6.07) is 0. The Morgan fingerprint density at radius 3 is 3.06 bits per heavy atom. The van der Waals surface area contributed by atoms with Gasteiger partial charge in [-0.2, -0.15) is 5.10 Å². The first-order valence-corrected chi connectivity index (χ1v) is 5.08. The number of nitrogens with zero attached hydrogens (tertiary/aromatic N) is 4. The van der Waals surface area contributed by atoms with Crippen LogP contribution in [-0.4, -0.2) is 37.4 Å². The van der Waals surface area contributed by atoms with Gasteiger partial charge in [0.1, 0.15) is 23.5 Å². The zero-order valence-corrected chi connectivity index (χ0v) is 9.34. The lowest BCUT2D eigenvalue weighted by Gasteiger charge is -2.03. The molecule has 1 amide bonds. The first kappa shape index (κ1) is 11.1. The molecule has 2 aromatic heterocycles. The molecule has 0 aromatic carbocycles. The zero-order valence-electron chi connectivity index (χ0n) is 9.34. The molecule has 0 bridgehead atoms. The van der Waals surface area contributed by atoms with Gasteiger partial charge in [-0.15, -0.1) is 10.2 Å². The molecule has 8 heteroatoms. The molecule has 2 rings (SSSR count). The van der Waals surface area contributed by atoms with Crippen LogP contribution in [0.15, 0.2) is 12.5 Å². The topological polar surface area (TPSA) is 115 Å². The molecule has 0 spiro atoms. The summed E-state index contributed by atoms with van der Waals surface area (Å²) in [4.78, 5) is 11.6. The fraction of sp³-hybridized carbons (Fsp3) is 0.333. The molecule has 0 radical (unpaired) electrons. The molecule has 4 N–H and O–H groups in total. The van der Waals surface area contributed by atoms with E-state index in [-0.39, 0.29) is 11.7 Å². The maximum Gasteiger partial charge on any atom is 0.256 e. The lowest BCUT2D eigenvalue weighted by atomic mass is 10.3. The van der Waals surface area contributed by atoms with Gasteiger partial charge in [-0.3, -0.25) is 9.89 Å². The number of nitrogen functional groups attached to an aromatic ring is 1. The molecule has 0 aliphatic heterocycles. The van der Waals surface area contributed by atoms with Crippen LogP contribution in [0.2, 0.25) is 0 Å².